The summed E-state index contributed by atoms with van der Waals surface area (Å²) in [4.78, 5) is 23.0. The fraction of sp³-hybridized carbons (Fsp3) is 0.400. The predicted molar refractivity (Wildman–Crippen MR) is 77.1 cm³/mol. The normalized spacial score (nSPS) is 16.0. The van der Waals surface area contributed by atoms with E-state index >= 15 is 0 Å². The van der Waals surface area contributed by atoms with Gasteiger partial charge in [0.1, 0.15) is 6.07 Å². The zero-order chi connectivity index (χ0) is 19.0. The van der Waals surface area contributed by atoms with Crippen molar-refractivity contribution in [2.75, 3.05) is 6.26 Å². The molecule has 0 bridgehead atoms. The molecule has 0 spiro atoms. The molecule has 1 atom stereocenters. The lowest BCUT2D eigenvalue weighted by Crippen LogP contribution is -2.28. The number of carbonyl (C=O) groups is 2. The van der Waals surface area contributed by atoms with Gasteiger partial charge in [0.05, 0.1) is 16.0 Å². The van der Waals surface area contributed by atoms with E-state index in [9.17, 15) is 31.2 Å². The number of esters is 1. The minimum Gasteiger partial charge on any atom is -0.435 e. The quantitative estimate of drug-likeness (QED) is 0.731. The van der Waals surface area contributed by atoms with Crippen LogP contribution in [-0.2, 0) is 25.5 Å². The first-order chi connectivity index (χ1) is 11.4. The lowest BCUT2D eigenvalue weighted by Gasteiger charge is -2.14. The first-order valence-corrected chi connectivity index (χ1v) is 8.90. The minimum atomic E-state index is -4.81. The molecule has 0 radical (unpaired) electrons. The maximum absolute atomic E-state index is 12.8. The van der Waals surface area contributed by atoms with Crippen molar-refractivity contribution >= 4 is 21.6 Å². The Morgan fingerprint density at radius 2 is 1.92 bits per heavy atom. The molecule has 1 aromatic rings. The van der Waals surface area contributed by atoms with Gasteiger partial charge >= 0.3 is 12.1 Å². The number of alkyl halides is 3. The summed E-state index contributed by atoms with van der Waals surface area (Å²) in [6.45, 7) is 0. The van der Waals surface area contributed by atoms with E-state index in [0.29, 0.717) is 37.3 Å². The molecule has 1 saturated carbocycles. The van der Waals surface area contributed by atoms with Gasteiger partial charge in [-0.15, -0.1) is 0 Å². The molecule has 1 fully saturated rings. The second-order valence-corrected chi connectivity index (χ2v) is 7.56. The Kier molecular flexibility index (Phi) is 4.90. The van der Waals surface area contributed by atoms with Gasteiger partial charge in [0.15, 0.2) is 15.6 Å². The molecule has 0 aliphatic heterocycles. The van der Waals surface area contributed by atoms with Crippen LogP contribution in [0.2, 0.25) is 0 Å². The third-order valence-electron chi connectivity index (χ3n) is 3.51. The monoisotopic (exact) mass is 375 g/mol. The summed E-state index contributed by atoms with van der Waals surface area (Å²) in [5.41, 5.74) is -1.92. The second kappa shape index (κ2) is 6.48. The standard InChI is InChI=1S/C15H12F3NO5S/c1-25(22,23)12-6-9(15(16,17)18)4-5-10(12)14(21)24-11(7-19)13(20)8-2-3-8/h4-6,8,11H,2-3H2,1H3. The maximum atomic E-state index is 12.8. The smallest absolute Gasteiger partial charge is 0.416 e. The molecule has 6 nitrogen and oxygen atoms in total. The van der Waals surface area contributed by atoms with Gasteiger partial charge in [0, 0.05) is 12.2 Å². The van der Waals surface area contributed by atoms with Crippen LogP contribution in [0.15, 0.2) is 23.1 Å². The summed E-state index contributed by atoms with van der Waals surface area (Å²) in [5, 5.41) is 8.93. The third kappa shape index (κ3) is 4.36. The van der Waals surface area contributed by atoms with E-state index in [1.807, 2.05) is 0 Å². The number of halogens is 3. The van der Waals surface area contributed by atoms with Crippen molar-refractivity contribution < 1.29 is 35.9 Å². The number of hydrogen-bond acceptors (Lipinski definition) is 6. The number of carbonyl (C=O) groups excluding carboxylic acids is 2. The van der Waals surface area contributed by atoms with Gasteiger partial charge in [-0.25, -0.2) is 13.2 Å². The molecule has 0 aromatic heterocycles. The van der Waals surface area contributed by atoms with E-state index in [-0.39, 0.29) is 5.92 Å². The van der Waals surface area contributed by atoms with Crippen LogP contribution in [0.25, 0.3) is 0 Å². The number of hydrogen-bond donors (Lipinski definition) is 0. The number of rotatable bonds is 5. The zero-order valence-electron chi connectivity index (χ0n) is 12.8. The average molecular weight is 375 g/mol. The van der Waals surface area contributed by atoms with Gasteiger partial charge in [0.25, 0.3) is 0 Å². The number of ether oxygens (including phenoxy) is 1. The Labute approximate surface area is 141 Å². The third-order valence-corrected chi connectivity index (χ3v) is 4.65. The summed E-state index contributed by atoms with van der Waals surface area (Å²) in [6, 6.07) is 2.98. The minimum absolute atomic E-state index is 0.315. The Balaban J connectivity index is 2.38. The van der Waals surface area contributed by atoms with Crippen molar-refractivity contribution in [1.29, 1.82) is 5.26 Å². The van der Waals surface area contributed by atoms with Gasteiger partial charge in [-0.1, -0.05) is 0 Å². The number of nitriles is 1. The van der Waals surface area contributed by atoms with Crippen LogP contribution in [0.4, 0.5) is 13.2 Å². The fourth-order valence-electron chi connectivity index (χ4n) is 2.07. The molecule has 0 N–H and O–H groups in total. The van der Waals surface area contributed by atoms with Gasteiger partial charge in [-0.05, 0) is 31.0 Å². The van der Waals surface area contributed by atoms with Crippen LogP contribution in [0.5, 0.6) is 0 Å². The number of ketones is 1. The summed E-state index contributed by atoms with van der Waals surface area (Å²) in [6.07, 6.45) is -4.78. The first-order valence-electron chi connectivity index (χ1n) is 7.00. The highest BCUT2D eigenvalue weighted by atomic mass is 32.2. The predicted octanol–water partition coefficient (Wildman–Crippen LogP) is 2.14. The fourth-order valence-corrected chi connectivity index (χ4v) is 2.97. The van der Waals surface area contributed by atoms with Crippen LogP contribution >= 0.6 is 0 Å². The van der Waals surface area contributed by atoms with E-state index in [0.717, 1.165) is 0 Å². The van der Waals surface area contributed by atoms with E-state index in [1.54, 1.807) is 0 Å². The molecule has 1 aliphatic carbocycles. The number of sulfone groups is 1. The highest BCUT2D eigenvalue weighted by Gasteiger charge is 2.38. The number of nitrogens with zero attached hydrogens (tertiary/aromatic N) is 1. The Morgan fingerprint density at radius 1 is 1.32 bits per heavy atom. The highest BCUT2D eigenvalue weighted by Crippen LogP contribution is 2.33. The van der Waals surface area contributed by atoms with Crippen LogP contribution in [0.1, 0.15) is 28.8 Å². The Morgan fingerprint density at radius 3 is 2.36 bits per heavy atom. The molecule has 25 heavy (non-hydrogen) atoms. The van der Waals surface area contributed by atoms with Crippen LogP contribution < -0.4 is 0 Å². The van der Waals surface area contributed by atoms with Crippen LogP contribution in [0, 0.1) is 17.2 Å². The molecule has 0 heterocycles. The Hall–Kier alpha value is -2.41. The van der Waals surface area contributed by atoms with Crippen molar-refractivity contribution in [3.05, 3.63) is 29.3 Å². The van der Waals surface area contributed by atoms with E-state index in [4.69, 9.17) is 10.00 Å². The molecular weight excluding hydrogens is 363 g/mol. The Bertz CT molecular complexity index is 866. The lowest BCUT2D eigenvalue weighted by atomic mass is 10.1. The van der Waals surface area contributed by atoms with Gasteiger partial charge in [-0.2, -0.15) is 18.4 Å². The van der Waals surface area contributed by atoms with Crippen LogP contribution in [0.3, 0.4) is 0 Å². The zero-order valence-corrected chi connectivity index (χ0v) is 13.6. The lowest BCUT2D eigenvalue weighted by molar-refractivity contribution is -0.137. The molecule has 1 unspecified atom stereocenters. The number of benzene rings is 1. The molecule has 1 aromatic carbocycles. The van der Waals surface area contributed by atoms with E-state index in [1.165, 1.54) is 6.07 Å². The molecule has 0 amide bonds. The molecule has 2 rings (SSSR count). The summed E-state index contributed by atoms with van der Waals surface area (Å²) in [7, 11) is -4.20. The molecule has 1 aliphatic rings. The molecule has 0 saturated heterocycles. The summed E-state index contributed by atoms with van der Waals surface area (Å²) in [5.74, 6) is -2.35. The highest BCUT2D eigenvalue weighted by molar-refractivity contribution is 7.90. The first kappa shape index (κ1) is 18.9. The molecule has 134 valence electrons. The largest absolute Gasteiger partial charge is 0.435 e. The van der Waals surface area contributed by atoms with Gasteiger partial charge in [0.2, 0.25) is 6.10 Å². The van der Waals surface area contributed by atoms with E-state index in [2.05, 4.69) is 0 Å². The average Bonchev–Trinajstić information content (AvgIpc) is 3.34. The van der Waals surface area contributed by atoms with E-state index < -0.39 is 49.9 Å². The summed E-state index contributed by atoms with van der Waals surface area (Å²) < 4.78 is 66.5. The second-order valence-electron chi connectivity index (χ2n) is 5.57. The van der Waals surface area contributed by atoms with Crippen molar-refractivity contribution in [3.8, 4) is 6.07 Å². The van der Waals surface area contributed by atoms with Crippen molar-refractivity contribution in [2.24, 2.45) is 5.92 Å². The van der Waals surface area contributed by atoms with Crippen molar-refractivity contribution in [1.82, 2.24) is 0 Å². The SMILES string of the molecule is CS(=O)(=O)c1cc(C(F)(F)F)ccc1C(=O)OC(C#N)C(=O)C1CC1. The molecular formula is C15H12F3NO5S. The summed E-state index contributed by atoms with van der Waals surface area (Å²) >= 11 is 0. The van der Waals surface area contributed by atoms with Crippen LogP contribution in [-0.4, -0.2) is 32.5 Å². The number of Topliss-reactive ketones (excluding diaryl/α,β-unsaturated/α-hetero) is 1. The topological polar surface area (TPSA) is 101 Å². The van der Waals surface area contributed by atoms with Crippen molar-refractivity contribution in [3.63, 3.8) is 0 Å². The molecule has 10 heteroatoms. The van der Waals surface area contributed by atoms with Gasteiger partial charge in [-0.3, -0.25) is 4.79 Å². The maximum Gasteiger partial charge on any atom is 0.416 e. The van der Waals surface area contributed by atoms with Gasteiger partial charge < -0.3 is 4.74 Å². The van der Waals surface area contributed by atoms with Crippen molar-refractivity contribution in [2.45, 2.75) is 30.0 Å².